The smallest absolute Gasteiger partial charge is 0.220 e. The topological polar surface area (TPSA) is 41.1 Å². The van der Waals surface area contributed by atoms with E-state index in [2.05, 4.69) is 31.4 Å². The molecule has 2 unspecified atom stereocenters. The van der Waals surface area contributed by atoms with E-state index in [9.17, 15) is 4.79 Å². The van der Waals surface area contributed by atoms with Gasteiger partial charge in [-0.1, -0.05) is 26.7 Å². The maximum Gasteiger partial charge on any atom is 0.220 e. The van der Waals surface area contributed by atoms with Crippen molar-refractivity contribution in [2.24, 2.45) is 11.8 Å². The Bertz CT molecular complexity index is 235. The number of nitrogens with one attached hydrogen (secondary N) is 2. The van der Waals surface area contributed by atoms with E-state index in [-0.39, 0.29) is 5.91 Å². The van der Waals surface area contributed by atoms with Crippen LogP contribution in [0.3, 0.4) is 0 Å². The molecule has 3 heteroatoms. The van der Waals surface area contributed by atoms with Crippen LogP contribution in [0.1, 0.15) is 59.3 Å². The van der Waals surface area contributed by atoms with Gasteiger partial charge in [0.1, 0.15) is 0 Å². The van der Waals surface area contributed by atoms with Crippen LogP contribution in [-0.4, -0.2) is 25.0 Å². The fourth-order valence-electron chi connectivity index (χ4n) is 2.55. The van der Waals surface area contributed by atoms with Crippen LogP contribution in [0, 0.1) is 11.8 Å². The number of carbonyl (C=O) groups is 1. The predicted octanol–water partition coefficient (Wildman–Crippen LogP) is 2.71. The molecule has 1 aliphatic heterocycles. The molecule has 1 aliphatic rings. The number of hydrogen-bond acceptors (Lipinski definition) is 2. The maximum absolute atomic E-state index is 11.8. The van der Waals surface area contributed by atoms with Gasteiger partial charge in [-0.3, -0.25) is 4.79 Å². The van der Waals surface area contributed by atoms with Crippen molar-refractivity contribution in [2.45, 2.75) is 65.3 Å². The molecule has 0 radical (unpaired) electrons. The van der Waals surface area contributed by atoms with Crippen molar-refractivity contribution in [1.82, 2.24) is 10.6 Å². The van der Waals surface area contributed by atoms with E-state index in [1.165, 1.54) is 19.3 Å². The Hall–Kier alpha value is -0.570. The first-order chi connectivity index (χ1) is 8.58. The van der Waals surface area contributed by atoms with Gasteiger partial charge in [0.25, 0.3) is 0 Å². The van der Waals surface area contributed by atoms with Crippen LogP contribution in [0.5, 0.6) is 0 Å². The molecule has 1 fully saturated rings. The number of hydrogen-bond donors (Lipinski definition) is 2. The van der Waals surface area contributed by atoms with Crippen LogP contribution in [0.4, 0.5) is 0 Å². The Labute approximate surface area is 112 Å². The van der Waals surface area contributed by atoms with Gasteiger partial charge < -0.3 is 10.6 Å². The monoisotopic (exact) mass is 254 g/mol. The lowest BCUT2D eigenvalue weighted by atomic mass is 10.0. The number of carbonyl (C=O) groups excluding carboxylic acids is 1. The summed E-state index contributed by atoms with van der Waals surface area (Å²) < 4.78 is 0. The summed E-state index contributed by atoms with van der Waals surface area (Å²) in [6.07, 6.45) is 6.55. The summed E-state index contributed by atoms with van der Waals surface area (Å²) in [5, 5.41) is 6.46. The van der Waals surface area contributed by atoms with Gasteiger partial charge in [-0.2, -0.15) is 0 Å². The second-order valence-corrected chi connectivity index (χ2v) is 6.19. The summed E-state index contributed by atoms with van der Waals surface area (Å²) in [4.78, 5) is 11.8. The van der Waals surface area contributed by atoms with Crippen molar-refractivity contribution in [3.05, 3.63) is 0 Å². The first kappa shape index (κ1) is 15.5. The van der Waals surface area contributed by atoms with E-state index >= 15 is 0 Å². The molecule has 1 saturated heterocycles. The lowest BCUT2D eigenvalue weighted by molar-refractivity contribution is -0.122. The highest BCUT2D eigenvalue weighted by Gasteiger charge is 2.16. The Kier molecular flexibility index (Phi) is 7.33. The van der Waals surface area contributed by atoms with Crippen LogP contribution in [-0.2, 0) is 4.79 Å². The third-order valence-electron chi connectivity index (χ3n) is 3.77. The molecule has 0 aliphatic carbocycles. The Morgan fingerprint density at radius 3 is 2.72 bits per heavy atom. The van der Waals surface area contributed by atoms with Gasteiger partial charge in [0.05, 0.1) is 0 Å². The molecule has 3 nitrogen and oxygen atoms in total. The molecule has 1 rings (SSSR count). The van der Waals surface area contributed by atoms with Gasteiger partial charge in [-0.05, 0) is 51.1 Å². The fourth-order valence-corrected chi connectivity index (χ4v) is 2.55. The zero-order valence-corrected chi connectivity index (χ0v) is 12.3. The van der Waals surface area contributed by atoms with Crippen LogP contribution in [0.15, 0.2) is 0 Å². The molecule has 0 aromatic rings. The van der Waals surface area contributed by atoms with E-state index in [1.54, 1.807) is 0 Å². The van der Waals surface area contributed by atoms with Gasteiger partial charge in [-0.15, -0.1) is 0 Å². The molecule has 18 heavy (non-hydrogen) atoms. The van der Waals surface area contributed by atoms with Crippen molar-refractivity contribution in [1.29, 1.82) is 0 Å². The Morgan fingerprint density at radius 2 is 2.11 bits per heavy atom. The van der Waals surface area contributed by atoms with Crippen molar-refractivity contribution in [3.8, 4) is 0 Å². The van der Waals surface area contributed by atoms with Crippen LogP contribution in [0.25, 0.3) is 0 Å². The number of amides is 1. The van der Waals surface area contributed by atoms with Crippen LogP contribution >= 0.6 is 0 Å². The lowest BCUT2D eigenvalue weighted by Gasteiger charge is -2.15. The molecule has 0 bridgehead atoms. The summed E-state index contributed by atoms with van der Waals surface area (Å²) in [7, 11) is 0. The van der Waals surface area contributed by atoms with Gasteiger partial charge in [0.2, 0.25) is 5.91 Å². The lowest BCUT2D eigenvalue weighted by Crippen LogP contribution is -2.32. The zero-order chi connectivity index (χ0) is 13.4. The van der Waals surface area contributed by atoms with E-state index in [1.807, 2.05) is 0 Å². The number of rotatable bonds is 8. The molecule has 2 atom stereocenters. The van der Waals surface area contributed by atoms with Crippen LogP contribution < -0.4 is 10.6 Å². The molecule has 0 spiro atoms. The minimum absolute atomic E-state index is 0.235. The molecule has 106 valence electrons. The van der Waals surface area contributed by atoms with E-state index in [4.69, 9.17) is 0 Å². The second kappa shape index (κ2) is 8.52. The molecule has 0 aromatic carbocycles. The van der Waals surface area contributed by atoms with Crippen molar-refractivity contribution in [2.75, 3.05) is 13.1 Å². The Balaban J connectivity index is 2.03. The van der Waals surface area contributed by atoms with E-state index in [0.29, 0.717) is 18.4 Å². The average Bonchev–Trinajstić information content (AvgIpc) is 2.78. The second-order valence-electron chi connectivity index (χ2n) is 6.19. The standard InChI is InChI=1S/C15H30N2O/c1-12(2)5-4-6-13(3)17-15(18)8-7-14-9-10-16-11-14/h12-14,16H,4-11H2,1-3H3,(H,17,18). The minimum Gasteiger partial charge on any atom is -0.354 e. The highest BCUT2D eigenvalue weighted by molar-refractivity contribution is 5.76. The molecule has 0 aromatic heterocycles. The van der Waals surface area contributed by atoms with Gasteiger partial charge in [0.15, 0.2) is 0 Å². The maximum atomic E-state index is 11.8. The molecular formula is C15H30N2O. The van der Waals surface area contributed by atoms with Crippen molar-refractivity contribution >= 4 is 5.91 Å². The first-order valence-electron chi connectivity index (χ1n) is 7.58. The SMILES string of the molecule is CC(C)CCCC(C)NC(=O)CCC1CCNC1. The minimum atomic E-state index is 0.235. The first-order valence-corrected chi connectivity index (χ1v) is 7.58. The van der Waals surface area contributed by atoms with Crippen molar-refractivity contribution < 1.29 is 4.79 Å². The molecule has 1 amide bonds. The normalized spacial score (nSPS) is 21.2. The van der Waals surface area contributed by atoms with E-state index < -0.39 is 0 Å². The third-order valence-corrected chi connectivity index (χ3v) is 3.77. The van der Waals surface area contributed by atoms with Crippen LogP contribution in [0.2, 0.25) is 0 Å². The average molecular weight is 254 g/mol. The molecule has 0 saturated carbocycles. The summed E-state index contributed by atoms with van der Waals surface area (Å²) in [6, 6.07) is 0.331. The van der Waals surface area contributed by atoms with Crippen molar-refractivity contribution in [3.63, 3.8) is 0 Å². The third kappa shape index (κ3) is 7.00. The summed E-state index contributed by atoms with van der Waals surface area (Å²) in [6.45, 7) is 8.84. The Morgan fingerprint density at radius 1 is 1.33 bits per heavy atom. The molecule has 1 heterocycles. The highest BCUT2D eigenvalue weighted by atomic mass is 16.1. The van der Waals surface area contributed by atoms with Gasteiger partial charge >= 0.3 is 0 Å². The fraction of sp³-hybridized carbons (Fsp3) is 0.933. The van der Waals surface area contributed by atoms with E-state index in [0.717, 1.165) is 31.8 Å². The predicted molar refractivity (Wildman–Crippen MR) is 76.5 cm³/mol. The quantitative estimate of drug-likeness (QED) is 0.699. The van der Waals surface area contributed by atoms with Gasteiger partial charge in [-0.25, -0.2) is 0 Å². The molecule has 2 N–H and O–H groups in total. The summed E-state index contributed by atoms with van der Waals surface area (Å²) in [5.41, 5.74) is 0. The molecular weight excluding hydrogens is 224 g/mol. The summed E-state index contributed by atoms with van der Waals surface area (Å²) >= 11 is 0. The van der Waals surface area contributed by atoms with Gasteiger partial charge in [0, 0.05) is 12.5 Å². The summed E-state index contributed by atoms with van der Waals surface area (Å²) in [5.74, 6) is 1.72. The zero-order valence-electron chi connectivity index (χ0n) is 12.3. The highest BCUT2D eigenvalue weighted by Crippen LogP contribution is 2.14. The largest absolute Gasteiger partial charge is 0.354 e.